The Balaban J connectivity index is 2.16. The number of rotatable bonds is 6. The van der Waals surface area contributed by atoms with Gasteiger partial charge < -0.3 is 10.2 Å². The maximum Gasteiger partial charge on any atom is 0.257 e. The van der Waals surface area contributed by atoms with Crippen LogP contribution >= 0.6 is 0 Å². The zero-order valence-corrected chi connectivity index (χ0v) is 12.8. The fraction of sp³-hybridized carbons (Fsp3) is 0.625. The number of nitrogens with one attached hydrogen (secondary N) is 1. The molecule has 0 radical (unpaired) electrons. The first-order chi connectivity index (χ1) is 9.65. The summed E-state index contributed by atoms with van der Waals surface area (Å²) >= 11 is 0. The van der Waals surface area contributed by atoms with E-state index >= 15 is 0 Å². The molecular formula is C16H25N3O. The summed E-state index contributed by atoms with van der Waals surface area (Å²) in [4.78, 5) is 18.9. The summed E-state index contributed by atoms with van der Waals surface area (Å²) in [5, 5.41) is 3.27. The summed E-state index contributed by atoms with van der Waals surface area (Å²) in [6, 6.07) is 1.95. The van der Waals surface area contributed by atoms with Gasteiger partial charge in [-0.2, -0.15) is 0 Å². The molecule has 0 saturated heterocycles. The van der Waals surface area contributed by atoms with Crippen LogP contribution in [0.1, 0.15) is 49.2 Å². The largest absolute Gasteiger partial charge is 0.385 e. The molecule has 1 N–H and O–H groups in total. The second-order valence-electron chi connectivity index (χ2n) is 5.54. The summed E-state index contributed by atoms with van der Waals surface area (Å²) in [7, 11) is 0. The fourth-order valence-corrected chi connectivity index (χ4v) is 2.58. The average Bonchev–Trinajstić information content (AvgIpc) is 2.38. The molecule has 0 unspecified atom stereocenters. The van der Waals surface area contributed by atoms with Crippen LogP contribution in [-0.4, -0.2) is 35.4 Å². The quantitative estimate of drug-likeness (QED) is 0.867. The van der Waals surface area contributed by atoms with Gasteiger partial charge in [-0.1, -0.05) is 6.42 Å². The van der Waals surface area contributed by atoms with Crippen molar-refractivity contribution in [1.29, 1.82) is 0 Å². The summed E-state index contributed by atoms with van der Waals surface area (Å²) in [6.07, 6.45) is 5.54. The van der Waals surface area contributed by atoms with Gasteiger partial charge >= 0.3 is 0 Å². The molecule has 1 fully saturated rings. The van der Waals surface area contributed by atoms with Gasteiger partial charge in [0.15, 0.2) is 0 Å². The van der Waals surface area contributed by atoms with Crippen LogP contribution in [-0.2, 0) is 0 Å². The van der Waals surface area contributed by atoms with Crippen LogP contribution in [0, 0.1) is 12.8 Å². The van der Waals surface area contributed by atoms with Gasteiger partial charge in [-0.25, -0.2) is 0 Å². The Bertz CT molecular complexity index is 469. The van der Waals surface area contributed by atoms with Crippen LogP contribution in [0.3, 0.4) is 0 Å². The summed E-state index contributed by atoms with van der Waals surface area (Å²) in [5.74, 6) is 0.794. The third kappa shape index (κ3) is 3.30. The van der Waals surface area contributed by atoms with E-state index in [1.54, 1.807) is 6.20 Å². The molecule has 110 valence electrons. The SMILES string of the molecule is CCNc1cc(C)ncc1C(=O)N(CC)CC1CCC1. The van der Waals surface area contributed by atoms with Crippen molar-refractivity contribution in [2.75, 3.05) is 25.0 Å². The van der Waals surface area contributed by atoms with E-state index < -0.39 is 0 Å². The average molecular weight is 275 g/mol. The minimum absolute atomic E-state index is 0.0999. The molecule has 1 saturated carbocycles. The van der Waals surface area contributed by atoms with Gasteiger partial charge in [0.25, 0.3) is 5.91 Å². The number of hydrogen-bond acceptors (Lipinski definition) is 3. The highest BCUT2D eigenvalue weighted by Gasteiger charge is 2.24. The van der Waals surface area contributed by atoms with Gasteiger partial charge in [-0.05, 0) is 45.6 Å². The molecule has 0 bridgehead atoms. The number of hydrogen-bond donors (Lipinski definition) is 1. The molecule has 4 nitrogen and oxygen atoms in total. The molecule has 0 atom stereocenters. The number of nitrogens with zero attached hydrogens (tertiary/aromatic N) is 2. The highest BCUT2D eigenvalue weighted by Crippen LogP contribution is 2.28. The first-order valence-corrected chi connectivity index (χ1v) is 7.65. The predicted molar refractivity (Wildman–Crippen MR) is 82.1 cm³/mol. The molecule has 0 spiro atoms. The van der Waals surface area contributed by atoms with E-state index in [-0.39, 0.29) is 5.91 Å². The smallest absolute Gasteiger partial charge is 0.257 e. The van der Waals surface area contributed by atoms with Crippen LogP contribution in [0.4, 0.5) is 5.69 Å². The van der Waals surface area contributed by atoms with E-state index in [1.165, 1.54) is 19.3 Å². The van der Waals surface area contributed by atoms with E-state index in [2.05, 4.69) is 10.3 Å². The lowest BCUT2D eigenvalue weighted by molar-refractivity contribution is 0.0707. The van der Waals surface area contributed by atoms with Crippen molar-refractivity contribution >= 4 is 11.6 Å². The lowest BCUT2D eigenvalue weighted by atomic mass is 9.85. The minimum atomic E-state index is 0.0999. The number of aryl methyl sites for hydroxylation is 1. The molecule has 1 aromatic rings. The normalized spacial score (nSPS) is 14.8. The van der Waals surface area contributed by atoms with E-state index in [0.717, 1.165) is 31.0 Å². The van der Waals surface area contributed by atoms with Gasteiger partial charge in [-0.15, -0.1) is 0 Å². The number of amides is 1. The number of carbonyl (C=O) groups excluding carboxylic acids is 1. The molecule has 4 heteroatoms. The van der Waals surface area contributed by atoms with Gasteiger partial charge in [0.1, 0.15) is 0 Å². The number of carbonyl (C=O) groups is 1. The van der Waals surface area contributed by atoms with Crippen LogP contribution in [0.15, 0.2) is 12.3 Å². The highest BCUT2D eigenvalue weighted by molar-refractivity contribution is 5.99. The van der Waals surface area contributed by atoms with Gasteiger partial charge in [0.2, 0.25) is 0 Å². The molecule has 1 heterocycles. The van der Waals surface area contributed by atoms with E-state index in [0.29, 0.717) is 11.5 Å². The van der Waals surface area contributed by atoms with E-state index in [4.69, 9.17) is 0 Å². The summed E-state index contributed by atoms with van der Waals surface area (Å²) < 4.78 is 0. The number of aromatic nitrogens is 1. The molecular weight excluding hydrogens is 250 g/mol. The number of anilines is 1. The van der Waals surface area contributed by atoms with Crippen molar-refractivity contribution in [2.45, 2.75) is 40.0 Å². The number of pyridine rings is 1. The Labute approximate surface area is 121 Å². The van der Waals surface area contributed by atoms with Crippen LogP contribution in [0.2, 0.25) is 0 Å². The third-order valence-corrected chi connectivity index (χ3v) is 4.01. The van der Waals surface area contributed by atoms with Gasteiger partial charge in [0.05, 0.1) is 11.3 Å². The fourth-order valence-electron chi connectivity index (χ4n) is 2.58. The second-order valence-corrected chi connectivity index (χ2v) is 5.54. The summed E-state index contributed by atoms with van der Waals surface area (Å²) in [5.41, 5.74) is 2.52. The van der Waals surface area contributed by atoms with Crippen molar-refractivity contribution in [2.24, 2.45) is 5.92 Å². The Kier molecular flexibility index (Phi) is 4.99. The Morgan fingerprint density at radius 3 is 2.75 bits per heavy atom. The Morgan fingerprint density at radius 1 is 1.45 bits per heavy atom. The second kappa shape index (κ2) is 6.73. The molecule has 20 heavy (non-hydrogen) atoms. The molecule has 1 aromatic heterocycles. The first-order valence-electron chi connectivity index (χ1n) is 7.65. The van der Waals surface area contributed by atoms with Crippen molar-refractivity contribution in [1.82, 2.24) is 9.88 Å². The lowest BCUT2D eigenvalue weighted by Crippen LogP contribution is -2.37. The van der Waals surface area contributed by atoms with Crippen molar-refractivity contribution in [3.63, 3.8) is 0 Å². The zero-order chi connectivity index (χ0) is 14.5. The maximum absolute atomic E-state index is 12.7. The highest BCUT2D eigenvalue weighted by atomic mass is 16.2. The summed E-state index contributed by atoms with van der Waals surface area (Å²) in [6.45, 7) is 8.48. The lowest BCUT2D eigenvalue weighted by Gasteiger charge is -2.32. The van der Waals surface area contributed by atoms with Crippen LogP contribution in [0.25, 0.3) is 0 Å². The Morgan fingerprint density at radius 2 is 2.20 bits per heavy atom. The maximum atomic E-state index is 12.7. The van der Waals surface area contributed by atoms with E-state index in [1.807, 2.05) is 31.7 Å². The molecule has 2 rings (SSSR count). The van der Waals surface area contributed by atoms with Crippen molar-refractivity contribution in [3.8, 4) is 0 Å². The predicted octanol–water partition coefficient (Wildman–Crippen LogP) is 3.08. The van der Waals surface area contributed by atoms with E-state index in [9.17, 15) is 4.79 Å². The van der Waals surface area contributed by atoms with Crippen molar-refractivity contribution in [3.05, 3.63) is 23.5 Å². The molecule has 0 aliphatic heterocycles. The van der Waals surface area contributed by atoms with Crippen LogP contribution in [0.5, 0.6) is 0 Å². The Hall–Kier alpha value is -1.58. The molecule has 1 aliphatic rings. The molecule has 0 aromatic carbocycles. The monoisotopic (exact) mass is 275 g/mol. The third-order valence-electron chi connectivity index (χ3n) is 4.01. The minimum Gasteiger partial charge on any atom is -0.385 e. The topological polar surface area (TPSA) is 45.2 Å². The standard InChI is InChI=1S/C16H25N3O/c1-4-17-15-9-12(3)18-10-14(15)16(20)19(5-2)11-13-7-6-8-13/h9-10,13H,4-8,11H2,1-3H3,(H,17,18). The van der Waals surface area contributed by atoms with Crippen LogP contribution < -0.4 is 5.32 Å². The molecule has 1 aliphatic carbocycles. The zero-order valence-electron chi connectivity index (χ0n) is 12.8. The first kappa shape index (κ1) is 14.8. The van der Waals surface area contributed by atoms with Crippen molar-refractivity contribution < 1.29 is 4.79 Å². The van der Waals surface area contributed by atoms with Gasteiger partial charge in [-0.3, -0.25) is 9.78 Å². The van der Waals surface area contributed by atoms with Gasteiger partial charge in [0, 0.05) is 31.5 Å². The molecule has 1 amide bonds.